The van der Waals surface area contributed by atoms with Crippen molar-refractivity contribution in [2.45, 2.75) is 25.8 Å². The van der Waals surface area contributed by atoms with E-state index in [2.05, 4.69) is 24.1 Å². The van der Waals surface area contributed by atoms with Gasteiger partial charge in [-0.1, -0.05) is 17.7 Å². The first-order chi connectivity index (χ1) is 7.72. The Labute approximate surface area is 103 Å². The summed E-state index contributed by atoms with van der Waals surface area (Å²) in [5.74, 6) is 2.71. The van der Waals surface area contributed by atoms with Crippen molar-refractivity contribution in [2.24, 2.45) is 0 Å². The zero-order chi connectivity index (χ0) is 11.8. The summed E-state index contributed by atoms with van der Waals surface area (Å²) < 4.78 is 0. The largest absolute Gasteiger partial charge is 0.399 e. The van der Waals surface area contributed by atoms with Gasteiger partial charge in [0.15, 0.2) is 0 Å². The lowest BCUT2D eigenvalue weighted by Crippen LogP contribution is -2.28. The molecular formula is C13H22N2S. The topological polar surface area (TPSA) is 38.0 Å². The highest BCUT2D eigenvalue weighted by molar-refractivity contribution is 7.99. The predicted molar refractivity (Wildman–Crippen MR) is 75.0 cm³/mol. The molecule has 0 aromatic heterocycles. The van der Waals surface area contributed by atoms with Crippen LogP contribution in [0.15, 0.2) is 24.3 Å². The fourth-order valence-corrected chi connectivity index (χ4v) is 2.66. The lowest BCUT2D eigenvalue weighted by Gasteiger charge is -2.19. The maximum Gasteiger partial charge on any atom is 0.0314 e. The minimum atomic E-state index is 0.816. The molecule has 2 rings (SSSR count). The van der Waals surface area contributed by atoms with Gasteiger partial charge in [0, 0.05) is 11.7 Å². The summed E-state index contributed by atoms with van der Waals surface area (Å²) in [6.07, 6.45) is 2.72. The van der Waals surface area contributed by atoms with E-state index in [1.165, 1.54) is 29.9 Å². The third-order valence-electron chi connectivity index (χ3n) is 2.71. The zero-order valence-corrected chi connectivity index (χ0v) is 11.0. The number of thioether (sulfide) groups is 1. The number of hydrogen-bond acceptors (Lipinski definition) is 3. The van der Waals surface area contributed by atoms with Crippen LogP contribution in [0.1, 0.15) is 18.4 Å². The van der Waals surface area contributed by atoms with Crippen LogP contribution >= 0.6 is 11.8 Å². The number of nitrogens with one attached hydrogen (secondary N) is 1. The maximum absolute atomic E-state index is 5.43. The van der Waals surface area contributed by atoms with Crippen LogP contribution in [0, 0.1) is 6.92 Å². The third-order valence-corrected chi connectivity index (χ3v) is 3.76. The maximum atomic E-state index is 5.43. The molecule has 0 aliphatic carbocycles. The van der Waals surface area contributed by atoms with E-state index in [0.717, 1.165) is 11.7 Å². The zero-order valence-electron chi connectivity index (χ0n) is 10.2. The van der Waals surface area contributed by atoms with Gasteiger partial charge in [0.1, 0.15) is 0 Å². The van der Waals surface area contributed by atoms with E-state index < -0.39 is 0 Å². The number of benzene rings is 1. The van der Waals surface area contributed by atoms with Crippen molar-refractivity contribution in [1.82, 2.24) is 5.32 Å². The minimum Gasteiger partial charge on any atom is -0.399 e. The summed E-state index contributed by atoms with van der Waals surface area (Å²) in [5, 5.41) is 3.29. The second kappa shape index (κ2) is 7.58. The first-order valence-corrected chi connectivity index (χ1v) is 6.95. The normalized spacial score (nSPS) is 16.4. The van der Waals surface area contributed by atoms with E-state index in [4.69, 9.17) is 5.73 Å². The SMILES string of the molecule is CNC1CCSCC1.Cc1ccc(N)cc1. The number of hydrogen-bond donors (Lipinski definition) is 2. The number of nitrogen functional groups attached to an aromatic ring is 1. The summed E-state index contributed by atoms with van der Waals surface area (Å²) in [4.78, 5) is 0. The minimum absolute atomic E-state index is 0.816. The van der Waals surface area contributed by atoms with E-state index in [0.29, 0.717) is 0 Å². The summed E-state index contributed by atoms with van der Waals surface area (Å²) in [6.45, 7) is 2.04. The molecule has 16 heavy (non-hydrogen) atoms. The molecule has 2 nitrogen and oxygen atoms in total. The van der Waals surface area contributed by atoms with Gasteiger partial charge in [0.2, 0.25) is 0 Å². The average Bonchev–Trinajstić information content (AvgIpc) is 2.35. The fourth-order valence-electron chi connectivity index (χ4n) is 1.55. The molecule has 90 valence electrons. The predicted octanol–water partition coefficient (Wildman–Crippen LogP) is 2.68. The lowest BCUT2D eigenvalue weighted by atomic mass is 10.2. The van der Waals surface area contributed by atoms with Gasteiger partial charge in [-0.05, 0) is 50.5 Å². The second-order valence-corrected chi connectivity index (χ2v) is 5.31. The van der Waals surface area contributed by atoms with Crippen molar-refractivity contribution in [3.05, 3.63) is 29.8 Å². The van der Waals surface area contributed by atoms with E-state index in [1.807, 2.05) is 31.2 Å². The van der Waals surface area contributed by atoms with Gasteiger partial charge in [0.25, 0.3) is 0 Å². The molecular weight excluding hydrogens is 216 g/mol. The van der Waals surface area contributed by atoms with Crippen molar-refractivity contribution in [1.29, 1.82) is 0 Å². The van der Waals surface area contributed by atoms with Crippen LogP contribution in [-0.4, -0.2) is 24.6 Å². The van der Waals surface area contributed by atoms with Crippen LogP contribution < -0.4 is 11.1 Å². The van der Waals surface area contributed by atoms with Crippen LogP contribution in [0.4, 0.5) is 5.69 Å². The highest BCUT2D eigenvalue weighted by atomic mass is 32.2. The molecule has 1 aliphatic rings. The molecule has 0 radical (unpaired) electrons. The monoisotopic (exact) mass is 238 g/mol. The van der Waals surface area contributed by atoms with Crippen LogP contribution in [-0.2, 0) is 0 Å². The lowest BCUT2D eigenvalue weighted by molar-refractivity contribution is 0.528. The Morgan fingerprint density at radius 2 is 1.75 bits per heavy atom. The number of rotatable bonds is 1. The fraction of sp³-hybridized carbons (Fsp3) is 0.538. The van der Waals surface area contributed by atoms with Gasteiger partial charge >= 0.3 is 0 Å². The molecule has 3 N–H and O–H groups in total. The molecule has 3 heteroatoms. The molecule has 0 spiro atoms. The molecule has 0 amide bonds. The Balaban J connectivity index is 0.000000160. The van der Waals surface area contributed by atoms with Gasteiger partial charge in [-0.2, -0.15) is 11.8 Å². The summed E-state index contributed by atoms with van der Waals surface area (Å²) in [5.41, 5.74) is 7.51. The van der Waals surface area contributed by atoms with E-state index in [1.54, 1.807) is 0 Å². The van der Waals surface area contributed by atoms with Crippen molar-refractivity contribution >= 4 is 17.4 Å². The van der Waals surface area contributed by atoms with Gasteiger partial charge in [0.05, 0.1) is 0 Å². The highest BCUT2D eigenvalue weighted by Crippen LogP contribution is 2.15. The van der Waals surface area contributed by atoms with Gasteiger partial charge < -0.3 is 11.1 Å². The molecule has 0 saturated carbocycles. The summed E-state index contributed by atoms with van der Waals surface area (Å²) in [6, 6.07) is 8.60. The summed E-state index contributed by atoms with van der Waals surface area (Å²) in [7, 11) is 2.06. The molecule has 1 aromatic rings. The standard InChI is InChI=1S/C7H9N.C6H13NS/c1-6-2-4-7(8)5-3-6;1-7-6-2-4-8-5-3-6/h2-5H,8H2,1H3;6-7H,2-5H2,1H3. The number of anilines is 1. The van der Waals surface area contributed by atoms with Crippen molar-refractivity contribution in [2.75, 3.05) is 24.3 Å². The molecule has 1 fully saturated rings. The van der Waals surface area contributed by atoms with Crippen LogP contribution in [0.25, 0.3) is 0 Å². The molecule has 0 unspecified atom stereocenters. The molecule has 1 saturated heterocycles. The molecule has 0 atom stereocenters. The summed E-state index contributed by atoms with van der Waals surface area (Å²) >= 11 is 2.07. The van der Waals surface area contributed by atoms with Crippen molar-refractivity contribution in [3.8, 4) is 0 Å². The quantitative estimate of drug-likeness (QED) is 0.739. The van der Waals surface area contributed by atoms with Gasteiger partial charge in [-0.15, -0.1) is 0 Å². The first-order valence-electron chi connectivity index (χ1n) is 5.79. The van der Waals surface area contributed by atoms with Crippen molar-refractivity contribution in [3.63, 3.8) is 0 Å². The Bertz CT molecular complexity index is 257. The Hall–Kier alpha value is -0.670. The Morgan fingerprint density at radius 3 is 2.12 bits per heavy atom. The van der Waals surface area contributed by atoms with Crippen LogP contribution in [0.2, 0.25) is 0 Å². The average molecular weight is 238 g/mol. The third kappa shape index (κ3) is 5.42. The van der Waals surface area contributed by atoms with E-state index in [9.17, 15) is 0 Å². The second-order valence-electron chi connectivity index (χ2n) is 4.09. The highest BCUT2D eigenvalue weighted by Gasteiger charge is 2.09. The molecule has 1 aliphatic heterocycles. The van der Waals surface area contributed by atoms with E-state index in [-0.39, 0.29) is 0 Å². The van der Waals surface area contributed by atoms with E-state index >= 15 is 0 Å². The molecule has 0 bridgehead atoms. The smallest absolute Gasteiger partial charge is 0.0314 e. The molecule has 1 heterocycles. The molecule has 1 aromatic carbocycles. The first kappa shape index (κ1) is 13.4. The van der Waals surface area contributed by atoms with Crippen LogP contribution in [0.3, 0.4) is 0 Å². The number of nitrogens with two attached hydrogens (primary N) is 1. The van der Waals surface area contributed by atoms with Crippen LogP contribution in [0.5, 0.6) is 0 Å². The van der Waals surface area contributed by atoms with Crippen molar-refractivity contribution < 1.29 is 0 Å². The number of aryl methyl sites for hydroxylation is 1. The Kier molecular flexibility index (Phi) is 6.34. The Morgan fingerprint density at radius 1 is 1.19 bits per heavy atom. The van der Waals surface area contributed by atoms with Gasteiger partial charge in [-0.25, -0.2) is 0 Å². The van der Waals surface area contributed by atoms with Gasteiger partial charge in [-0.3, -0.25) is 0 Å².